The number of benzene rings is 1. The van der Waals surface area contributed by atoms with Gasteiger partial charge in [0.2, 0.25) is 5.91 Å². The van der Waals surface area contributed by atoms with Crippen LogP contribution in [0.1, 0.15) is 19.3 Å². The second-order valence-electron chi connectivity index (χ2n) is 4.96. The monoisotopic (exact) mass is 244 g/mol. The van der Waals surface area contributed by atoms with Gasteiger partial charge in [-0.3, -0.25) is 4.79 Å². The molecule has 1 aliphatic rings. The van der Waals surface area contributed by atoms with Crippen LogP contribution >= 0.6 is 0 Å². The van der Waals surface area contributed by atoms with Crippen LogP contribution in [0.2, 0.25) is 0 Å². The van der Waals surface area contributed by atoms with E-state index >= 15 is 0 Å². The van der Waals surface area contributed by atoms with E-state index in [-0.39, 0.29) is 5.91 Å². The zero-order chi connectivity index (χ0) is 13.0. The smallest absolute Gasteiger partial charge is 0.224 e. The number of allylic oxidation sites excluding steroid dienone is 2. The van der Waals surface area contributed by atoms with Crippen molar-refractivity contribution in [1.82, 2.24) is 0 Å². The van der Waals surface area contributed by atoms with Crippen molar-refractivity contribution < 1.29 is 4.79 Å². The number of rotatable bonds is 4. The quantitative estimate of drug-likeness (QED) is 0.826. The summed E-state index contributed by atoms with van der Waals surface area (Å²) in [5, 5.41) is 2.94. The first kappa shape index (κ1) is 12.7. The molecule has 1 aromatic carbocycles. The molecule has 1 atom stereocenters. The van der Waals surface area contributed by atoms with Crippen LogP contribution in [0.3, 0.4) is 0 Å². The molecule has 1 amide bonds. The molecule has 3 nitrogen and oxygen atoms in total. The highest BCUT2D eigenvalue weighted by atomic mass is 16.1. The Morgan fingerprint density at radius 2 is 2.06 bits per heavy atom. The molecule has 0 radical (unpaired) electrons. The van der Waals surface area contributed by atoms with Crippen LogP contribution in [-0.2, 0) is 4.79 Å². The van der Waals surface area contributed by atoms with Crippen molar-refractivity contribution in [2.24, 2.45) is 5.92 Å². The fourth-order valence-corrected chi connectivity index (χ4v) is 2.16. The molecule has 0 bridgehead atoms. The van der Waals surface area contributed by atoms with Gasteiger partial charge in [-0.05, 0) is 43.0 Å². The molecule has 1 unspecified atom stereocenters. The van der Waals surface area contributed by atoms with Crippen molar-refractivity contribution >= 4 is 17.3 Å². The first-order valence-corrected chi connectivity index (χ1v) is 6.39. The molecule has 2 rings (SSSR count). The molecule has 0 aromatic heterocycles. The van der Waals surface area contributed by atoms with Gasteiger partial charge in [0.25, 0.3) is 0 Å². The van der Waals surface area contributed by atoms with E-state index in [9.17, 15) is 4.79 Å². The summed E-state index contributed by atoms with van der Waals surface area (Å²) >= 11 is 0. The molecular formula is C15H20N2O. The molecule has 96 valence electrons. The largest absolute Gasteiger partial charge is 0.378 e. The van der Waals surface area contributed by atoms with Crippen LogP contribution < -0.4 is 10.2 Å². The Morgan fingerprint density at radius 1 is 1.33 bits per heavy atom. The van der Waals surface area contributed by atoms with Crippen LogP contribution in [0.4, 0.5) is 11.4 Å². The van der Waals surface area contributed by atoms with Gasteiger partial charge in [-0.15, -0.1) is 0 Å². The molecule has 3 heteroatoms. The Hall–Kier alpha value is -1.77. The van der Waals surface area contributed by atoms with Crippen molar-refractivity contribution in [1.29, 1.82) is 0 Å². The van der Waals surface area contributed by atoms with E-state index in [1.165, 1.54) is 0 Å². The number of anilines is 2. The Morgan fingerprint density at radius 3 is 2.61 bits per heavy atom. The van der Waals surface area contributed by atoms with Crippen LogP contribution in [-0.4, -0.2) is 20.0 Å². The first-order valence-electron chi connectivity index (χ1n) is 6.39. The normalized spacial score (nSPS) is 17.8. The molecule has 0 saturated heterocycles. The second kappa shape index (κ2) is 5.71. The predicted molar refractivity (Wildman–Crippen MR) is 75.9 cm³/mol. The van der Waals surface area contributed by atoms with E-state index < -0.39 is 0 Å². The average Bonchev–Trinajstić information content (AvgIpc) is 2.82. The fraction of sp³-hybridized carbons (Fsp3) is 0.400. The van der Waals surface area contributed by atoms with E-state index in [1.54, 1.807) is 0 Å². The van der Waals surface area contributed by atoms with E-state index in [1.807, 2.05) is 43.3 Å². The summed E-state index contributed by atoms with van der Waals surface area (Å²) in [6.45, 7) is 0. The third kappa shape index (κ3) is 3.36. The third-order valence-electron chi connectivity index (χ3n) is 3.23. The lowest BCUT2D eigenvalue weighted by Crippen LogP contribution is -2.15. The summed E-state index contributed by atoms with van der Waals surface area (Å²) in [6, 6.07) is 7.89. The Balaban J connectivity index is 1.88. The van der Waals surface area contributed by atoms with Gasteiger partial charge in [-0.2, -0.15) is 0 Å². The lowest BCUT2D eigenvalue weighted by molar-refractivity contribution is -0.116. The van der Waals surface area contributed by atoms with Crippen LogP contribution in [0.25, 0.3) is 0 Å². The van der Waals surface area contributed by atoms with Crippen LogP contribution in [0.15, 0.2) is 36.4 Å². The summed E-state index contributed by atoms with van der Waals surface area (Å²) in [4.78, 5) is 13.9. The van der Waals surface area contributed by atoms with Gasteiger partial charge in [0.1, 0.15) is 0 Å². The number of carbonyl (C=O) groups is 1. The lowest BCUT2D eigenvalue weighted by atomic mass is 10.1. The Bertz CT molecular complexity index is 434. The topological polar surface area (TPSA) is 32.3 Å². The number of nitrogens with one attached hydrogen (secondary N) is 1. The molecule has 0 fully saturated rings. The van der Waals surface area contributed by atoms with Crippen molar-refractivity contribution in [3.63, 3.8) is 0 Å². The minimum absolute atomic E-state index is 0.101. The highest BCUT2D eigenvalue weighted by Gasteiger charge is 2.13. The predicted octanol–water partition coefficient (Wildman–Crippen LogP) is 3.05. The molecule has 0 saturated carbocycles. The fourth-order valence-electron chi connectivity index (χ4n) is 2.16. The van der Waals surface area contributed by atoms with Crippen LogP contribution in [0.5, 0.6) is 0 Å². The number of hydrogen-bond acceptors (Lipinski definition) is 2. The summed E-state index contributed by atoms with van der Waals surface area (Å²) in [7, 11) is 4.00. The Labute approximate surface area is 108 Å². The third-order valence-corrected chi connectivity index (χ3v) is 3.23. The van der Waals surface area contributed by atoms with E-state index in [4.69, 9.17) is 0 Å². The summed E-state index contributed by atoms with van der Waals surface area (Å²) < 4.78 is 0. The summed E-state index contributed by atoms with van der Waals surface area (Å²) in [6.07, 6.45) is 7.10. The molecule has 0 spiro atoms. The molecular weight excluding hydrogens is 224 g/mol. The minimum atomic E-state index is 0.101. The van der Waals surface area contributed by atoms with Gasteiger partial charge in [0, 0.05) is 31.9 Å². The standard InChI is InChI=1S/C15H20N2O/c1-17(2)14-9-7-13(8-10-14)16-15(18)11-12-5-3-4-6-12/h3,5,7-10,12H,4,6,11H2,1-2H3,(H,16,18). The molecule has 0 heterocycles. The molecule has 18 heavy (non-hydrogen) atoms. The highest BCUT2D eigenvalue weighted by molar-refractivity contribution is 5.91. The molecule has 1 N–H and O–H groups in total. The van der Waals surface area contributed by atoms with Gasteiger partial charge in [0.15, 0.2) is 0 Å². The summed E-state index contributed by atoms with van der Waals surface area (Å²) in [5.74, 6) is 0.523. The number of carbonyl (C=O) groups excluding carboxylic acids is 1. The van der Waals surface area contributed by atoms with E-state index in [0.29, 0.717) is 12.3 Å². The minimum Gasteiger partial charge on any atom is -0.378 e. The van der Waals surface area contributed by atoms with Gasteiger partial charge in [0.05, 0.1) is 0 Å². The Kier molecular flexibility index (Phi) is 4.03. The maximum atomic E-state index is 11.8. The van der Waals surface area contributed by atoms with E-state index in [2.05, 4.69) is 17.5 Å². The molecule has 1 aromatic rings. The number of amides is 1. The highest BCUT2D eigenvalue weighted by Crippen LogP contribution is 2.21. The summed E-state index contributed by atoms with van der Waals surface area (Å²) in [5.41, 5.74) is 2.00. The lowest BCUT2D eigenvalue weighted by Gasteiger charge is -2.13. The van der Waals surface area contributed by atoms with Crippen molar-refractivity contribution in [3.8, 4) is 0 Å². The van der Waals surface area contributed by atoms with Crippen molar-refractivity contribution in [2.75, 3.05) is 24.3 Å². The molecule has 1 aliphatic carbocycles. The van der Waals surface area contributed by atoms with E-state index in [0.717, 1.165) is 24.2 Å². The maximum absolute atomic E-state index is 11.8. The van der Waals surface area contributed by atoms with Gasteiger partial charge >= 0.3 is 0 Å². The van der Waals surface area contributed by atoms with Gasteiger partial charge in [-0.25, -0.2) is 0 Å². The SMILES string of the molecule is CN(C)c1ccc(NC(=O)CC2C=CCC2)cc1. The van der Waals surface area contributed by atoms with Gasteiger partial charge in [-0.1, -0.05) is 12.2 Å². The first-order chi connectivity index (χ1) is 8.65. The average molecular weight is 244 g/mol. The number of hydrogen-bond donors (Lipinski definition) is 1. The van der Waals surface area contributed by atoms with Crippen molar-refractivity contribution in [3.05, 3.63) is 36.4 Å². The van der Waals surface area contributed by atoms with Crippen molar-refractivity contribution in [2.45, 2.75) is 19.3 Å². The molecule has 0 aliphatic heterocycles. The van der Waals surface area contributed by atoms with Crippen LogP contribution in [0, 0.1) is 5.92 Å². The maximum Gasteiger partial charge on any atom is 0.224 e. The zero-order valence-electron chi connectivity index (χ0n) is 11.0. The second-order valence-corrected chi connectivity index (χ2v) is 4.96. The van der Waals surface area contributed by atoms with Gasteiger partial charge < -0.3 is 10.2 Å². The number of nitrogens with zero attached hydrogens (tertiary/aromatic N) is 1. The zero-order valence-corrected chi connectivity index (χ0v) is 11.0.